The smallest absolute Gasteiger partial charge is 0.283 e. The first kappa shape index (κ1) is 21.9. The van der Waals surface area contributed by atoms with Crippen LogP contribution in [0.15, 0.2) is 35.0 Å². The minimum Gasteiger partial charge on any atom is -0.376 e. The topological polar surface area (TPSA) is 49.4 Å². The highest BCUT2D eigenvalue weighted by atomic mass is 35.5. The van der Waals surface area contributed by atoms with Crippen molar-refractivity contribution in [1.29, 1.82) is 0 Å². The van der Waals surface area contributed by atoms with Gasteiger partial charge in [0.05, 0.1) is 5.69 Å². The maximum atomic E-state index is 13.1. The van der Waals surface area contributed by atoms with E-state index < -0.39 is 5.91 Å². The largest absolute Gasteiger partial charge is 0.376 e. The number of carbonyl (C=O) groups excluding carboxylic acids is 2. The average molecular weight is 417 g/mol. The Kier molecular flexibility index (Phi) is 8.17. The molecule has 2 aliphatic rings. The molecule has 0 atom stereocenters. The summed E-state index contributed by atoms with van der Waals surface area (Å²) in [5.41, 5.74) is 1.88. The number of halogens is 1. The first-order chi connectivity index (χ1) is 14.1. The summed E-state index contributed by atoms with van der Waals surface area (Å²) in [4.78, 5) is 27.2. The molecule has 0 unspecified atom stereocenters. The van der Waals surface area contributed by atoms with Gasteiger partial charge in [-0.2, -0.15) is 0 Å². The minimum absolute atomic E-state index is 0.0204. The van der Waals surface area contributed by atoms with Gasteiger partial charge < -0.3 is 5.32 Å². The summed E-state index contributed by atoms with van der Waals surface area (Å²) in [6.45, 7) is 2.02. The van der Waals surface area contributed by atoms with Crippen LogP contribution in [0, 0.1) is 0 Å². The van der Waals surface area contributed by atoms with Gasteiger partial charge in [-0.05, 0) is 30.9 Å². The maximum Gasteiger partial charge on any atom is 0.283 e. The predicted octanol–water partition coefficient (Wildman–Crippen LogP) is 5.84. The van der Waals surface area contributed by atoms with E-state index in [1.165, 1.54) is 49.8 Å². The van der Waals surface area contributed by atoms with Crippen molar-refractivity contribution < 1.29 is 9.59 Å². The number of hydrogen-bond donors (Lipinski definition) is 1. The quantitative estimate of drug-likeness (QED) is 0.627. The molecule has 0 aromatic heterocycles. The van der Waals surface area contributed by atoms with Crippen molar-refractivity contribution in [3.63, 3.8) is 0 Å². The summed E-state index contributed by atoms with van der Waals surface area (Å²) in [6, 6.07) is 7.73. The predicted molar refractivity (Wildman–Crippen MR) is 119 cm³/mol. The summed E-state index contributed by atoms with van der Waals surface area (Å²) in [7, 11) is 0. The molecule has 0 bridgehead atoms. The van der Waals surface area contributed by atoms with Crippen LogP contribution in [-0.4, -0.2) is 17.9 Å². The molecule has 1 N–H and O–H groups in total. The third-order valence-electron chi connectivity index (χ3n) is 6.09. The molecule has 3 rings (SSSR count). The van der Waals surface area contributed by atoms with Gasteiger partial charge >= 0.3 is 0 Å². The molecule has 4 nitrogen and oxygen atoms in total. The summed E-state index contributed by atoms with van der Waals surface area (Å²) < 4.78 is 0. The summed E-state index contributed by atoms with van der Waals surface area (Å²) in [6.07, 6.45) is 14.1. The van der Waals surface area contributed by atoms with Crippen LogP contribution in [0.4, 0.5) is 5.69 Å². The second-order valence-electron chi connectivity index (χ2n) is 8.22. The summed E-state index contributed by atoms with van der Waals surface area (Å²) >= 11 is 6.37. The zero-order chi connectivity index (χ0) is 20.6. The number of aryl methyl sites for hydroxylation is 1. The van der Waals surface area contributed by atoms with Crippen LogP contribution in [0.2, 0.25) is 0 Å². The molecule has 158 valence electrons. The number of para-hydroxylation sites is 1. The van der Waals surface area contributed by atoms with E-state index >= 15 is 0 Å². The molecule has 29 heavy (non-hydrogen) atoms. The van der Waals surface area contributed by atoms with Crippen LogP contribution in [0.25, 0.3) is 0 Å². The van der Waals surface area contributed by atoms with E-state index in [4.69, 9.17) is 11.6 Å². The fourth-order valence-corrected chi connectivity index (χ4v) is 4.61. The van der Waals surface area contributed by atoms with E-state index in [9.17, 15) is 9.59 Å². The van der Waals surface area contributed by atoms with Gasteiger partial charge in [-0.15, -0.1) is 0 Å². The van der Waals surface area contributed by atoms with Gasteiger partial charge in [0.15, 0.2) is 0 Å². The maximum absolute atomic E-state index is 13.1. The molecule has 5 heteroatoms. The molecule has 1 fully saturated rings. The molecule has 1 aliphatic heterocycles. The Morgan fingerprint density at radius 2 is 1.45 bits per heavy atom. The molecule has 0 radical (unpaired) electrons. The Bertz CT molecular complexity index is 747. The lowest BCUT2D eigenvalue weighted by Crippen LogP contribution is -2.37. The van der Waals surface area contributed by atoms with Gasteiger partial charge in [-0.3, -0.25) is 9.59 Å². The lowest BCUT2D eigenvalue weighted by molar-refractivity contribution is -0.120. The van der Waals surface area contributed by atoms with Gasteiger partial charge in [0, 0.05) is 6.04 Å². The standard InChI is InChI=1S/C24H33ClN2O2/c1-2-18-14-12-13-17-20(18)27-23(28)21(25)22(24(27)29)26-19-15-10-8-6-4-3-5-7-9-11-16-19/h12-14,17,19,26H,2-11,15-16H2,1H3. The molecule has 0 saturated heterocycles. The molecular formula is C24H33ClN2O2. The Morgan fingerprint density at radius 3 is 2.03 bits per heavy atom. The highest BCUT2D eigenvalue weighted by molar-refractivity contribution is 6.52. The monoisotopic (exact) mass is 416 g/mol. The van der Waals surface area contributed by atoms with Crippen molar-refractivity contribution in [3.05, 3.63) is 40.6 Å². The number of carbonyl (C=O) groups is 2. The highest BCUT2D eigenvalue weighted by Crippen LogP contribution is 2.31. The van der Waals surface area contributed by atoms with Crippen molar-refractivity contribution in [2.45, 2.75) is 90.0 Å². The van der Waals surface area contributed by atoms with Crippen LogP contribution in [0.5, 0.6) is 0 Å². The van der Waals surface area contributed by atoms with E-state index in [0.717, 1.165) is 37.7 Å². The van der Waals surface area contributed by atoms with Crippen molar-refractivity contribution in [1.82, 2.24) is 5.32 Å². The molecule has 1 aliphatic carbocycles. The fourth-order valence-electron chi connectivity index (χ4n) is 4.39. The number of imide groups is 1. The second-order valence-corrected chi connectivity index (χ2v) is 8.60. The van der Waals surface area contributed by atoms with E-state index in [-0.39, 0.29) is 22.7 Å². The molecular weight excluding hydrogens is 384 g/mol. The van der Waals surface area contributed by atoms with Gasteiger partial charge in [0.25, 0.3) is 11.8 Å². The third kappa shape index (κ3) is 5.42. The van der Waals surface area contributed by atoms with Gasteiger partial charge in [-0.25, -0.2) is 4.90 Å². The summed E-state index contributed by atoms with van der Waals surface area (Å²) in [5.74, 6) is -0.750. The Hall–Kier alpha value is -1.81. The Balaban J connectivity index is 1.73. The number of nitrogens with one attached hydrogen (secondary N) is 1. The normalized spacial score (nSPS) is 20.6. The van der Waals surface area contributed by atoms with Gasteiger partial charge in [0.1, 0.15) is 10.7 Å². The second kappa shape index (κ2) is 10.8. The number of anilines is 1. The highest BCUT2D eigenvalue weighted by Gasteiger charge is 2.40. The van der Waals surface area contributed by atoms with Crippen molar-refractivity contribution in [2.24, 2.45) is 0 Å². The first-order valence-electron chi connectivity index (χ1n) is 11.3. The van der Waals surface area contributed by atoms with E-state index in [1.807, 2.05) is 31.2 Å². The van der Waals surface area contributed by atoms with Crippen LogP contribution in [0.3, 0.4) is 0 Å². The zero-order valence-electron chi connectivity index (χ0n) is 17.5. The lowest BCUT2D eigenvalue weighted by Gasteiger charge is -2.22. The van der Waals surface area contributed by atoms with Crippen LogP contribution >= 0.6 is 11.6 Å². The van der Waals surface area contributed by atoms with E-state index in [2.05, 4.69) is 5.32 Å². The van der Waals surface area contributed by atoms with E-state index in [0.29, 0.717) is 5.69 Å². The first-order valence-corrected chi connectivity index (χ1v) is 11.6. The number of amides is 2. The number of hydrogen-bond acceptors (Lipinski definition) is 3. The molecule has 1 saturated carbocycles. The lowest BCUT2D eigenvalue weighted by atomic mass is 9.98. The van der Waals surface area contributed by atoms with Crippen LogP contribution in [0.1, 0.15) is 83.1 Å². The third-order valence-corrected chi connectivity index (χ3v) is 6.45. The number of benzene rings is 1. The fraction of sp³-hybridized carbons (Fsp3) is 0.583. The van der Waals surface area contributed by atoms with Gasteiger partial charge in [0.2, 0.25) is 0 Å². The molecule has 1 heterocycles. The Morgan fingerprint density at radius 1 is 0.897 bits per heavy atom. The van der Waals surface area contributed by atoms with Gasteiger partial charge in [-0.1, -0.05) is 94.5 Å². The molecule has 1 aromatic carbocycles. The van der Waals surface area contributed by atoms with Crippen molar-refractivity contribution >= 4 is 29.1 Å². The average Bonchev–Trinajstić information content (AvgIpc) is 2.93. The van der Waals surface area contributed by atoms with Crippen LogP contribution < -0.4 is 10.2 Å². The SMILES string of the molecule is CCc1ccccc1N1C(=O)C(Cl)=C(NC2CCCCCCCCCCC2)C1=O. The van der Waals surface area contributed by atoms with E-state index in [1.54, 1.807) is 0 Å². The number of nitrogens with zero attached hydrogens (tertiary/aromatic N) is 1. The Labute approximate surface area is 179 Å². The molecule has 2 amide bonds. The zero-order valence-corrected chi connectivity index (χ0v) is 18.3. The summed E-state index contributed by atoms with van der Waals surface area (Å²) in [5, 5.41) is 3.39. The minimum atomic E-state index is -0.423. The van der Waals surface area contributed by atoms with Crippen LogP contribution in [-0.2, 0) is 16.0 Å². The molecule has 1 aromatic rings. The number of rotatable bonds is 4. The van der Waals surface area contributed by atoms with Crippen molar-refractivity contribution in [2.75, 3.05) is 4.90 Å². The molecule has 0 spiro atoms. The van der Waals surface area contributed by atoms with Crippen molar-refractivity contribution in [3.8, 4) is 0 Å².